The summed E-state index contributed by atoms with van der Waals surface area (Å²) in [5.74, 6) is -0.439. The minimum atomic E-state index is -0.360. The van der Waals surface area contributed by atoms with E-state index in [1.54, 1.807) is 31.3 Å². The van der Waals surface area contributed by atoms with Crippen molar-refractivity contribution in [3.05, 3.63) is 29.8 Å². The fourth-order valence-corrected chi connectivity index (χ4v) is 1.36. The van der Waals surface area contributed by atoms with Crippen LogP contribution in [0.1, 0.15) is 31.1 Å². The van der Waals surface area contributed by atoms with Crippen molar-refractivity contribution in [2.75, 3.05) is 19.0 Å². The molecule has 0 aliphatic rings. The Balaban J connectivity index is 2.62. The fraction of sp³-hybridized carbons (Fsp3) is 0.429. The molecule has 0 aliphatic heterocycles. The van der Waals surface area contributed by atoms with Gasteiger partial charge in [0.15, 0.2) is 0 Å². The molecule has 104 valence electrons. The van der Waals surface area contributed by atoms with Gasteiger partial charge in [0.25, 0.3) is 5.91 Å². The smallest absolute Gasteiger partial charge is 0.251 e. The summed E-state index contributed by atoms with van der Waals surface area (Å²) in [5, 5.41) is 5.22. The molecule has 1 aromatic carbocycles. The van der Waals surface area contributed by atoms with Crippen LogP contribution in [0, 0.1) is 0 Å². The number of carbonyl (C=O) groups is 2. The van der Waals surface area contributed by atoms with Crippen molar-refractivity contribution in [3.63, 3.8) is 0 Å². The van der Waals surface area contributed by atoms with Gasteiger partial charge in [-0.2, -0.15) is 0 Å². The Hall–Kier alpha value is -1.88. The highest BCUT2D eigenvalue weighted by Gasteiger charge is 2.13. The molecule has 0 aliphatic carbocycles. The number of rotatable bonds is 4. The molecule has 1 rings (SSSR count). The van der Waals surface area contributed by atoms with E-state index in [1.807, 2.05) is 20.8 Å². The van der Waals surface area contributed by atoms with Crippen LogP contribution in [0.5, 0.6) is 0 Å². The van der Waals surface area contributed by atoms with E-state index >= 15 is 0 Å². The lowest BCUT2D eigenvalue weighted by atomic mass is 10.2. The van der Waals surface area contributed by atoms with Crippen LogP contribution >= 0.6 is 0 Å². The van der Waals surface area contributed by atoms with Gasteiger partial charge >= 0.3 is 0 Å². The Morgan fingerprint density at radius 3 is 2.53 bits per heavy atom. The molecule has 0 saturated carbocycles. The third-order valence-corrected chi connectivity index (χ3v) is 2.27. The molecule has 0 radical (unpaired) electrons. The van der Waals surface area contributed by atoms with Gasteiger partial charge in [-0.25, -0.2) is 0 Å². The molecule has 2 N–H and O–H groups in total. The molecule has 0 spiro atoms. The first-order valence-corrected chi connectivity index (χ1v) is 6.08. The zero-order valence-corrected chi connectivity index (χ0v) is 11.7. The topological polar surface area (TPSA) is 67.4 Å². The molecule has 0 atom stereocenters. The second kappa shape index (κ2) is 6.33. The molecular formula is C14H20N2O3. The van der Waals surface area contributed by atoms with Gasteiger partial charge < -0.3 is 15.4 Å². The third kappa shape index (κ3) is 5.52. The molecule has 0 unspecified atom stereocenters. The van der Waals surface area contributed by atoms with Crippen LogP contribution in [-0.4, -0.2) is 31.1 Å². The lowest BCUT2D eigenvalue weighted by Gasteiger charge is -2.19. The summed E-state index contributed by atoms with van der Waals surface area (Å²) in [4.78, 5) is 23.1. The number of hydrogen-bond donors (Lipinski definition) is 2. The molecule has 0 bridgehead atoms. The van der Waals surface area contributed by atoms with Gasteiger partial charge in [-0.1, -0.05) is 6.07 Å². The van der Waals surface area contributed by atoms with E-state index in [4.69, 9.17) is 4.74 Å². The van der Waals surface area contributed by atoms with Gasteiger partial charge in [0.05, 0.1) is 5.60 Å². The standard InChI is InChI=1S/C14H20N2O3/c1-14(2,3)19-9-12(17)16-11-7-5-6-10(8-11)13(18)15-4/h5-8H,9H2,1-4H3,(H,15,18)(H,16,17). The number of ether oxygens (including phenoxy) is 1. The van der Waals surface area contributed by atoms with Crippen molar-refractivity contribution in [2.24, 2.45) is 0 Å². The average molecular weight is 264 g/mol. The first-order chi connectivity index (χ1) is 8.81. The van der Waals surface area contributed by atoms with Crippen molar-refractivity contribution < 1.29 is 14.3 Å². The summed E-state index contributed by atoms with van der Waals surface area (Å²) in [6.07, 6.45) is 0. The predicted molar refractivity (Wildman–Crippen MR) is 74.2 cm³/mol. The zero-order chi connectivity index (χ0) is 14.5. The zero-order valence-electron chi connectivity index (χ0n) is 11.7. The molecule has 5 nitrogen and oxygen atoms in total. The SMILES string of the molecule is CNC(=O)c1cccc(NC(=O)COC(C)(C)C)c1. The normalized spacial score (nSPS) is 10.9. The Kier molecular flexibility index (Phi) is 5.06. The molecule has 1 aromatic rings. The highest BCUT2D eigenvalue weighted by Crippen LogP contribution is 2.11. The summed E-state index contributed by atoms with van der Waals surface area (Å²) in [7, 11) is 1.56. The summed E-state index contributed by atoms with van der Waals surface area (Å²) in [5.41, 5.74) is 0.710. The van der Waals surface area contributed by atoms with Crippen LogP contribution < -0.4 is 10.6 Å². The monoisotopic (exact) mass is 264 g/mol. The molecule has 2 amide bonds. The van der Waals surface area contributed by atoms with Crippen molar-refractivity contribution >= 4 is 17.5 Å². The highest BCUT2D eigenvalue weighted by molar-refractivity contribution is 5.97. The second-order valence-corrected chi connectivity index (χ2v) is 5.11. The van der Waals surface area contributed by atoms with Crippen LogP contribution in [0.3, 0.4) is 0 Å². The molecule has 0 saturated heterocycles. The van der Waals surface area contributed by atoms with Crippen LogP contribution in [0.25, 0.3) is 0 Å². The number of anilines is 1. The van der Waals surface area contributed by atoms with Gasteiger partial charge in [0.1, 0.15) is 6.61 Å². The average Bonchev–Trinajstić information content (AvgIpc) is 2.35. The number of nitrogens with one attached hydrogen (secondary N) is 2. The van der Waals surface area contributed by atoms with Gasteiger partial charge in [-0.05, 0) is 39.0 Å². The van der Waals surface area contributed by atoms with E-state index in [2.05, 4.69) is 10.6 Å². The summed E-state index contributed by atoms with van der Waals surface area (Å²) >= 11 is 0. The van der Waals surface area contributed by atoms with Crippen molar-refractivity contribution in [1.82, 2.24) is 5.32 Å². The van der Waals surface area contributed by atoms with Crippen molar-refractivity contribution in [3.8, 4) is 0 Å². The number of amides is 2. The van der Waals surface area contributed by atoms with Crippen molar-refractivity contribution in [2.45, 2.75) is 26.4 Å². The maximum absolute atomic E-state index is 11.7. The fourth-order valence-electron chi connectivity index (χ4n) is 1.36. The lowest BCUT2D eigenvalue weighted by molar-refractivity contribution is -0.125. The maximum atomic E-state index is 11.7. The summed E-state index contributed by atoms with van der Waals surface area (Å²) < 4.78 is 5.37. The molecule has 0 heterocycles. The van der Waals surface area contributed by atoms with Gasteiger partial charge in [0.2, 0.25) is 5.91 Å². The van der Waals surface area contributed by atoms with E-state index in [-0.39, 0.29) is 24.0 Å². The van der Waals surface area contributed by atoms with E-state index in [9.17, 15) is 9.59 Å². The van der Waals surface area contributed by atoms with Crippen LogP contribution in [0.4, 0.5) is 5.69 Å². The summed E-state index contributed by atoms with van der Waals surface area (Å²) in [6.45, 7) is 5.62. The number of benzene rings is 1. The minimum Gasteiger partial charge on any atom is -0.366 e. The Morgan fingerprint density at radius 1 is 1.26 bits per heavy atom. The van der Waals surface area contributed by atoms with E-state index in [1.165, 1.54) is 0 Å². The van der Waals surface area contributed by atoms with Gasteiger partial charge in [-0.3, -0.25) is 9.59 Å². The molecule has 0 fully saturated rings. The minimum absolute atomic E-state index is 0.0201. The second-order valence-electron chi connectivity index (χ2n) is 5.11. The highest BCUT2D eigenvalue weighted by atomic mass is 16.5. The van der Waals surface area contributed by atoms with Crippen LogP contribution in [0.2, 0.25) is 0 Å². The molecule has 0 aromatic heterocycles. The lowest BCUT2D eigenvalue weighted by Crippen LogP contribution is -2.27. The van der Waals surface area contributed by atoms with Crippen LogP contribution in [0.15, 0.2) is 24.3 Å². The molecule has 19 heavy (non-hydrogen) atoms. The maximum Gasteiger partial charge on any atom is 0.251 e. The summed E-state index contributed by atoms with van der Waals surface area (Å²) in [6, 6.07) is 6.74. The largest absolute Gasteiger partial charge is 0.366 e. The molecule has 5 heteroatoms. The number of carbonyl (C=O) groups excluding carboxylic acids is 2. The van der Waals surface area contributed by atoms with E-state index in [0.29, 0.717) is 11.3 Å². The Morgan fingerprint density at radius 2 is 1.95 bits per heavy atom. The van der Waals surface area contributed by atoms with Gasteiger partial charge in [-0.15, -0.1) is 0 Å². The first kappa shape index (κ1) is 15.2. The third-order valence-electron chi connectivity index (χ3n) is 2.27. The van der Waals surface area contributed by atoms with Gasteiger partial charge in [0, 0.05) is 18.3 Å². The van der Waals surface area contributed by atoms with Crippen LogP contribution in [-0.2, 0) is 9.53 Å². The predicted octanol–water partition coefficient (Wildman–Crippen LogP) is 1.80. The van der Waals surface area contributed by atoms with Crippen molar-refractivity contribution in [1.29, 1.82) is 0 Å². The van der Waals surface area contributed by atoms with E-state index in [0.717, 1.165) is 0 Å². The first-order valence-electron chi connectivity index (χ1n) is 6.08. The van der Waals surface area contributed by atoms with E-state index < -0.39 is 0 Å². The Labute approximate surface area is 113 Å². The Bertz CT molecular complexity index is 464. The molecular weight excluding hydrogens is 244 g/mol. The quantitative estimate of drug-likeness (QED) is 0.871. The number of hydrogen-bond acceptors (Lipinski definition) is 3.